The number of aromatic nitrogens is 4. The maximum atomic E-state index is 12.2. The maximum Gasteiger partial charge on any atom is 1.00 e. The Morgan fingerprint density at radius 3 is 2.79 bits per heavy atom. The van der Waals surface area contributed by atoms with E-state index >= 15 is 0 Å². The molecule has 12 heteroatoms. The van der Waals surface area contributed by atoms with Crippen molar-refractivity contribution < 1.29 is 48.9 Å². The Bertz CT molecular complexity index is 678. The van der Waals surface area contributed by atoms with Crippen LogP contribution in [0.2, 0.25) is 0 Å². The number of imidazole rings is 1. The summed E-state index contributed by atoms with van der Waals surface area (Å²) in [7, 11) is 2.05. The summed E-state index contributed by atoms with van der Waals surface area (Å²) in [4.78, 5) is 12.6. The number of rotatable bonds is 7. The Morgan fingerprint density at radius 2 is 2.17 bits per heavy atom. The van der Waals surface area contributed by atoms with Gasteiger partial charge in [0.05, 0.1) is 25.2 Å². The average molecular weight is 391 g/mol. The monoisotopic (exact) mass is 391 g/mol. The minimum atomic E-state index is -4.25. The van der Waals surface area contributed by atoms with Gasteiger partial charge in [-0.2, -0.15) is 18.2 Å². The molecule has 0 aliphatic heterocycles. The summed E-state index contributed by atoms with van der Waals surface area (Å²) < 4.78 is 43.6. The molecule has 0 saturated heterocycles. The van der Waals surface area contributed by atoms with Crippen LogP contribution in [-0.2, 0) is 11.3 Å². The molecule has 0 aliphatic carbocycles. The van der Waals surface area contributed by atoms with Gasteiger partial charge >= 0.3 is 35.7 Å². The minimum Gasteiger partial charge on any atom is -1.00 e. The minimum absolute atomic E-state index is 0. The van der Waals surface area contributed by atoms with E-state index in [1.807, 2.05) is 16.2 Å². The number of nitrogen functional groups attached to an aromatic ring is 1. The van der Waals surface area contributed by atoms with Gasteiger partial charge in [-0.05, 0) is 5.75 Å². The van der Waals surface area contributed by atoms with E-state index in [-0.39, 0.29) is 43.5 Å². The number of nitrogens with zero attached hydrogens (tertiary/aromatic N) is 4. The standard InChI is InChI=1S/C12H17F3N5OPS.Na.H/c1-2-23-10-8-9(18-11(16)19-10)20(6-17-8)3-4-21-7(22)5-12(13,14)15;;/h6-7H,2-5,22H2,1H3,(H2,16,18,19);;/q;+1;-1. The van der Waals surface area contributed by atoms with Crippen LogP contribution in [0.1, 0.15) is 14.8 Å². The number of hydrogen-bond acceptors (Lipinski definition) is 6. The molecule has 2 N–H and O–H groups in total. The van der Waals surface area contributed by atoms with Crippen LogP contribution in [0.4, 0.5) is 19.1 Å². The first-order valence-electron chi connectivity index (χ1n) is 6.85. The molecule has 0 spiro atoms. The predicted molar refractivity (Wildman–Crippen MR) is 87.4 cm³/mol. The average Bonchev–Trinajstić information content (AvgIpc) is 2.80. The summed E-state index contributed by atoms with van der Waals surface area (Å²) in [6.07, 6.45) is -3.69. The molecule has 2 heterocycles. The fourth-order valence-corrected chi connectivity index (χ4v) is 3.04. The number of nitrogens with two attached hydrogens (primary N) is 1. The van der Waals surface area contributed by atoms with Crippen molar-refractivity contribution in [2.45, 2.75) is 36.9 Å². The molecule has 2 unspecified atom stereocenters. The zero-order valence-electron chi connectivity index (χ0n) is 14.4. The van der Waals surface area contributed by atoms with Gasteiger partial charge in [0.2, 0.25) is 5.95 Å². The molecule has 0 radical (unpaired) electrons. The summed E-state index contributed by atoms with van der Waals surface area (Å²) in [5.41, 5.74) is 6.87. The van der Waals surface area contributed by atoms with Crippen LogP contribution in [0, 0.1) is 0 Å². The number of halogens is 3. The molecule has 0 saturated carbocycles. The van der Waals surface area contributed by atoms with E-state index in [0.29, 0.717) is 22.7 Å². The molecule has 0 aromatic carbocycles. The van der Waals surface area contributed by atoms with Crippen molar-refractivity contribution in [1.82, 2.24) is 19.5 Å². The van der Waals surface area contributed by atoms with Crippen molar-refractivity contribution in [1.29, 1.82) is 0 Å². The second kappa shape index (κ2) is 9.54. The molecule has 2 rings (SSSR count). The van der Waals surface area contributed by atoms with Gasteiger partial charge in [0.25, 0.3) is 0 Å². The van der Waals surface area contributed by atoms with E-state index in [1.54, 1.807) is 10.9 Å². The van der Waals surface area contributed by atoms with E-state index in [0.717, 1.165) is 5.75 Å². The third-order valence-electron chi connectivity index (χ3n) is 2.83. The van der Waals surface area contributed by atoms with Crippen LogP contribution >= 0.6 is 21.0 Å². The largest absolute Gasteiger partial charge is 1.00 e. The second-order valence-corrected chi connectivity index (χ2v) is 6.65. The number of anilines is 1. The fraction of sp³-hybridized carbons (Fsp3) is 0.583. The maximum absolute atomic E-state index is 12.2. The SMILES string of the molecule is CCSc1nc(N)nc2c1ncn2CCOC(P)CC(F)(F)F.[H-].[Na+]. The first kappa shape index (κ1) is 21.9. The van der Waals surface area contributed by atoms with Crippen molar-refractivity contribution in [2.24, 2.45) is 0 Å². The van der Waals surface area contributed by atoms with Crippen molar-refractivity contribution in [3.8, 4) is 0 Å². The van der Waals surface area contributed by atoms with Crippen molar-refractivity contribution in [3.05, 3.63) is 6.33 Å². The summed E-state index contributed by atoms with van der Waals surface area (Å²) >= 11 is 1.50. The number of fused-ring (bicyclic) bond motifs is 1. The van der Waals surface area contributed by atoms with Gasteiger partial charge in [-0.15, -0.1) is 21.0 Å². The molecule has 24 heavy (non-hydrogen) atoms. The molecule has 2 atom stereocenters. The summed E-state index contributed by atoms with van der Waals surface area (Å²) in [6, 6.07) is 0. The predicted octanol–water partition coefficient (Wildman–Crippen LogP) is -0.193. The summed E-state index contributed by atoms with van der Waals surface area (Å²) in [6.45, 7) is 2.42. The van der Waals surface area contributed by atoms with Gasteiger partial charge in [0.1, 0.15) is 10.5 Å². The Morgan fingerprint density at radius 1 is 1.46 bits per heavy atom. The molecule has 0 aliphatic rings. The van der Waals surface area contributed by atoms with Crippen LogP contribution in [0.25, 0.3) is 11.2 Å². The van der Waals surface area contributed by atoms with E-state index in [2.05, 4.69) is 15.0 Å². The van der Waals surface area contributed by atoms with Gasteiger partial charge < -0.3 is 16.5 Å². The van der Waals surface area contributed by atoms with Crippen LogP contribution in [0.5, 0.6) is 0 Å². The Kier molecular flexibility index (Phi) is 8.72. The zero-order valence-corrected chi connectivity index (χ0v) is 17.3. The number of alkyl halides is 3. The Labute approximate surface area is 167 Å². The van der Waals surface area contributed by atoms with Gasteiger partial charge in [0, 0.05) is 6.54 Å². The number of hydrogen-bond donors (Lipinski definition) is 1. The normalized spacial score (nSPS) is 13.0. The van der Waals surface area contributed by atoms with Crippen molar-refractivity contribution in [3.63, 3.8) is 0 Å². The molecule has 2 aromatic rings. The Balaban J connectivity index is 0.00000288. The smallest absolute Gasteiger partial charge is 1.00 e. The van der Waals surface area contributed by atoms with Gasteiger partial charge in [-0.25, -0.2) is 9.97 Å². The number of ether oxygens (including phenoxy) is 1. The molecule has 0 bridgehead atoms. The molecule has 0 fully saturated rings. The van der Waals surface area contributed by atoms with Crippen LogP contribution in [-0.4, -0.2) is 43.9 Å². The Hall–Kier alpha value is -0.120. The third-order valence-corrected chi connectivity index (χ3v) is 4.10. The molecule has 2 aromatic heterocycles. The molecule has 6 nitrogen and oxygen atoms in total. The third kappa shape index (κ3) is 6.31. The molecular weight excluding hydrogens is 373 g/mol. The summed E-state index contributed by atoms with van der Waals surface area (Å²) in [5, 5.41) is 0.690. The van der Waals surface area contributed by atoms with Crippen molar-refractivity contribution in [2.75, 3.05) is 18.1 Å². The van der Waals surface area contributed by atoms with Crippen LogP contribution in [0.3, 0.4) is 0 Å². The van der Waals surface area contributed by atoms with E-state index < -0.39 is 18.4 Å². The van der Waals surface area contributed by atoms with Gasteiger partial charge in [0.15, 0.2) is 5.65 Å². The molecule has 130 valence electrons. The van der Waals surface area contributed by atoms with Gasteiger partial charge in [-0.1, -0.05) is 6.92 Å². The van der Waals surface area contributed by atoms with Gasteiger partial charge in [-0.3, -0.25) is 0 Å². The molecule has 0 amide bonds. The number of thioether (sulfide) groups is 1. The second-order valence-electron chi connectivity index (χ2n) is 4.66. The zero-order chi connectivity index (χ0) is 17.0. The van der Waals surface area contributed by atoms with Crippen LogP contribution < -0.4 is 35.3 Å². The summed E-state index contributed by atoms with van der Waals surface area (Å²) in [5.74, 6) is -0.0268. The molecular formula is C12H18F3N5NaOPS. The topological polar surface area (TPSA) is 78.9 Å². The van der Waals surface area contributed by atoms with E-state index in [1.165, 1.54) is 11.8 Å². The fourth-order valence-electron chi connectivity index (χ4n) is 1.92. The van der Waals surface area contributed by atoms with E-state index in [4.69, 9.17) is 10.5 Å². The van der Waals surface area contributed by atoms with Crippen molar-refractivity contribution >= 4 is 38.1 Å². The van der Waals surface area contributed by atoms with Crippen LogP contribution in [0.15, 0.2) is 11.4 Å². The first-order valence-corrected chi connectivity index (χ1v) is 8.50. The first-order chi connectivity index (χ1) is 10.8. The van der Waals surface area contributed by atoms with E-state index in [9.17, 15) is 13.2 Å². The quantitative estimate of drug-likeness (QED) is 0.305.